The summed E-state index contributed by atoms with van der Waals surface area (Å²) in [6.07, 6.45) is 33.9. The highest BCUT2D eigenvalue weighted by Gasteiger charge is 2.19. The average Bonchev–Trinajstić information content (AvgIpc) is 3.11. The third-order valence-electron chi connectivity index (χ3n) is 10.5. The summed E-state index contributed by atoms with van der Waals surface area (Å²) >= 11 is 0. The van der Waals surface area contributed by atoms with Crippen molar-refractivity contribution in [3.05, 3.63) is 0 Å². The second-order valence-electron chi connectivity index (χ2n) is 16.9. The Kier molecular flexibility index (Phi) is 36.6. The minimum atomic E-state index is -0.762. The highest BCUT2D eigenvalue weighted by atomic mass is 16.6. The first kappa shape index (κ1) is 50.4. The molecule has 0 aromatic carbocycles. The summed E-state index contributed by atoms with van der Waals surface area (Å²) in [5.41, 5.74) is 0. The molecule has 308 valence electrons. The van der Waals surface area contributed by atoms with Gasteiger partial charge in [0.05, 0.1) is 0 Å². The molecule has 1 unspecified atom stereocenters. The molecule has 0 aromatic rings. The Balaban J connectivity index is 4.30. The van der Waals surface area contributed by atoms with Crippen molar-refractivity contribution in [2.24, 2.45) is 17.8 Å². The molecule has 0 spiro atoms. The number of ether oxygens (including phenoxy) is 3. The molecule has 0 saturated carbocycles. The van der Waals surface area contributed by atoms with Crippen LogP contribution in [0.1, 0.15) is 241 Å². The number of carbonyl (C=O) groups excluding carboxylic acids is 3. The van der Waals surface area contributed by atoms with Crippen LogP contribution in [-0.4, -0.2) is 37.2 Å². The molecule has 0 fully saturated rings. The minimum absolute atomic E-state index is 0.0673. The van der Waals surface area contributed by atoms with E-state index >= 15 is 0 Å². The van der Waals surface area contributed by atoms with E-state index in [0.717, 1.165) is 75.5 Å². The van der Waals surface area contributed by atoms with E-state index < -0.39 is 6.10 Å². The van der Waals surface area contributed by atoms with Crippen molar-refractivity contribution in [3.8, 4) is 0 Å². The summed E-state index contributed by atoms with van der Waals surface area (Å²) in [6, 6.07) is 0. The first-order chi connectivity index (χ1) is 25.1. The van der Waals surface area contributed by atoms with Gasteiger partial charge in [-0.3, -0.25) is 14.4 Å². The van der Waals surface area contributed by atoms with Crippen LogP contribution in [0.25, 0.3) is 0 Å². The van der Waals surface area contributed by atoms with Crippen molar-refractivity contribution in [1.29, 1.82) is 0 Å². The van der Waals surface area contributed by atoms with Gasteiger partial charge in [0.15, 0.2) is 6.10 Å². The van der Waals surface area contributed by atoms with Crippen LogP contribution in [0.2, 0.25) is 0 Å². The molecule has 52 heavy (non-hydrogen) atoms. The molecule has 6 nitrogen and oxygen atoms in total. The molecule has 2 atom stereocenters. The largest absolute Gasteiger partial charge is 0.462 e. The van der Waals surface area contributed by atoms with E-state index in [1.807, 2.05) is 0 Å². The molecule has 0 radical (unpaired) electrons. The van der Waals surface area contributed by atoms with E-state index in [2.05, 4.69) is 41.5 Å². The average molecular weight is 737 g/mol. The molecule has 0 aliphatic carbocycles. The molecule has 0 aliphatic heterocycles. The normalized spacial score (nSPS) is 12.7. The predicted molar refractivity (Wildman–Crippen MR) is 219 cm³/mol. The van der Waals surface area contributed by atoms with E-state index in [0.29, 0.717) is 19.3 Å². The van der Waals surface area contributed by atoms with Gasteiger partial charge in [-0.2, -0.15) is 0 Å². The summed E-state index contributed by atoms with van der Waals surface area (Å²) < 4.78 is 16.7. The highest BCUT2D eigenvalue weighted by Crippen LogP contribution is 2.17. The van der Waals surface area contributed by atoms with Gasteiger partial charge in [-0.15, -0.1) is 0 Å². The molecular weight excluding hydrogens is 649 g/mol. The summed E-state index contributed by atoms with van der Waals surface area (Å²) in [5, 5.41) is 0. The van der Waals surface area contributed by atoms with Crippen LogP contribution < -0.4 is 0 Å². The Morgan fingerprint density at radius 2 is 0.673 bits per heavy atom. The molecule has 0 heterocycles. The van der Waals surface area contributed by atoms with Gasteiger partial charge in [-0.1, -0.05) is 202 Å². The van der Waals surface area contributed by atoms with Crippen LogP contribution in [0, 0.1) is 17.8 Å². The van der Waals surface area contributed by atoms with Crippen LogP contribution >= 0.6 is 0 Å². The zero-order valence-corrected chi connectivity index (χ0v) is 35.6. The predicted octanol–water partition coefficient (Wildman–Crippen LogP) is 14.0. The lowest BCUT2D eigenvalue weighted by Crippen LogP contribution is -2.30. The van der Waals surface area contributed by atoms with Gasteiger partial charge in [-0.25, -0.2) is 0 Å². The van der Waals surface area contributed by atoms with E-state index in [1.54, 1.807) is 0 Å². The van der Waals surface area contributed by atoms with Crippen molar-refractivity contribution >= 4 is 17.9 Å². The topological polar surface area (TPSA) is 78.9 Å². The van der Waals surface area contributed by atoms with Gasteiger partial charge < -0.3 is 14.2 Å². The summed E-state index contributed by atoms with van der Waals surface area (Å²) in [6.45, 7) is 13.6. The maximum absolute atomic E-state index is 12.7. The van der Waals surface area contributed by atoms with E-state index in [4.69, 9.17) is 14.2 Å². The monoisotopic (exact) mass is 737 g/mol. The summed E-state index contributed by atoms with van der Waals surface area (Å²) in [5.74, 6) is 1.54. The van der Waals surface area contributed by atoms with Crippen LogP contribution in [0.15, 0.2) is 0 Å². The second-order valence-corrected chi connectivity index (χ2v) is 16.9. The number of esters is 3. The number of carbonyl (C=O) groups is 3. The molecule has 0 saturated heterocycles. The van der Waals surface area contributed by atoms with Crippen molar-refractivity contribution < 1.29 is 28.6 Å². The Hall–Kier alpha value is -1.59. The molecule has 0 aromatic heterocycles. The third-order valence-corrected chi connectivity index (χ3v) is 10.5. The van der Waals surface area contributed by atoms with E-state index in [-0.39, 0.29) is 31.1 Å². The molecule has 0 bridgehead atoms. The fraction of sp³-hybridized carbons (Fsp3) is 0.935. The molecular formula is C46H88O6. The zero-order chi connectivity index (χ0) is 38.5. The molecule has 0 rings (SSSR count). The first-order valence-electron chi connectivity index (χ1n) is 22.6. The zero-order valence-electron chi connectivity index (χ0n) is 35.6. The fourth-order valence-corrected chi connectivity index (χ4v) is 6.67. The molecule has 0 N–H and O–H groups in total. The van der Waals surface area contributed by atoms with Crippen molar-refractivity contribution in [3.63, 3.8) is 0 Å². The van der Waals surface area contributed by atoms with Gasteiger partial charge in [-0.05, 0) is 37.0 Å². The quantitative estimate of drug-likeness (QED) is 0.0355. The van der Waals surface area contributed by atoms with E-state index in [9.17, 15) is 14.4 Å². The second kappa shape index (κ2) is 37.7. The minimum Gasteiger partial charge on any atom is -0.462 e. The third kappa shape index (κ3) is 38.1. The van der Waals surface area contributed by atoms with Gasteiger partial charge in [0.1, 0.15) is 13.2 Å². The summed E-state index contributed by atoms with van der Waals surface area (Å²) in [7, 11) is 0. The van der Waals surface area contributed by atoms with Crippen molar-refractivity contribution in [2.45, 2.75) is 247 Å². The lowest BCUT2D eigenvalue weighted by molar-refractivity contribution is -0.167. The molecule has 0 aliphatic rings. The highest BCUT2D eigenvalue weighted by molar-refractivity contribution is 5.71. The SMILES string of the molecule is CCC(C)CCCCCCCCC(=O)O[C@H](COC(=O)CCCCCCCCCCCCCCC(C)C)COC(=O)CCCCCCCCC(C)C. The number of hydrogen-bond donors (Lipinski definition) is 0. The maximum atomic E-state index is 12.7. The van der Waals surface area contributed by atoms with E-state index in [1.165, 1.54) is 122 Å². The molecule has 0 amide bonds. The van der Waals surface area contributed by atoms with Gasteiger partial charge >= 0.3 is 17.9 Å². The maximum Gasteiger partial charge on any atom is 0.306 e. The number of rotatable bonds is 39. The lowest BCUT2D eigenvalue weighted by Gasteiger charge is -2.18. The number of unbranched alkanes of at least 4 members (excludes halogenated alkanes) is 21. The smallest absolute Gasteiger partial charge is 0.306 e. The number of hydrogen-bond acceptors (Lipinski definition) is 6. The summed E-state index contributed by atoms with van der Waals surface area (Å²) in [4.78, 5) is 37.6. The van der Waals surface area contributed by atoms with Gasteiger partial charge in [0.2, 0.25) is 0 Å². The van der Waals surface area contributed by atoms with Gasteiger partial charge in [0, 0.05) is 19.3 Å². The van der Waals surface area contributed by atoms with Gasteiger partial charge in [0.25, 0.3) is 0 Å². The van der Waals surface area contributed by atoms with Crippen LogP contribution in [0.3, 0.4) is 0 Å². The Morgan fingerprint density at radius 3 is 1.00 bits per heavy atom. The fourth-order valence-electron chi connectivity index (χ4n) is 6.67. The first-order valence-corrected chi connectivity index (χ1v) is 22.6. The van der Waals surface area contributed by atoms with Crippen LogP contribution in [0.4, 0.5) is 0 Å². The Labute approximate surface area is 323 Å². The lowest BCUT2D eigenvalue weighted by atomic mass is 10.00. The Bertz CT molecular complexity index is 809. The van der Waals surface area contributed by atoms with Crippen molar-refractivity contribution in [2.75, 3.05) is 13.2 Å². The Morgan fingerprint density at radius 1 is 0.385 bits per heavy atom. The van der Waals surface area contributed by atoms with Crippen molar-refractivity contribution in [1.82, 2.24) is 0 Å². The van der Waals surface area contributed by atoms with Crippen LogP contribution in [0.5, 0.6) is 0 Å². The standard InChI is InChI=1S/C46H88O6/c1-7-42(6)34-28-22-17-19-25-31-37-46(49)52-43(39-51-45(48)36-30-24-18-16-21-27-33-41(4)5)38-50-44(47)35-29-23-15-13-11-9-8-10-12-14-20-26-32-40(2)3/h40-43H,7-39H2,1-6H3/t42?,43-/m1/s1. The van der Waals surface area contributed by atoms with Crippen LogP contribution in [-0.2, 0) is 28.6 Å². The molecule has 6 heteroatoms.